The molecule has 1 heterocycles. The molecule has 0 radical (unpaired) electrons. The molecular weight excluding hydrogens is 258 g/mol. The standard InChI is InChI=1S/C18H25N3/c1-12-8-5-6-9-13(12)15-16(20-21(4)17(15)19)14-10-7-11-18(14,2)3/h5-6,8-9,14H,7,10-11,19H2,1-4H3. The van der Waals surface area contributed by atoms with Crippen LogP contribution in [0.25, 0.3) is 11.1 Å². The molecule has 1 fully saturated rings. The Morgan fingerprint density at radius 1 is 1.29 bits per heavy atom. The van der Waals surface area contributed by atoms with Gasteiger partial charge in [-0.2, -0.15) is 5.10 Å². The largest absolute Gasteiger partial charge is 0.383 e. The molecule has 1 aliphatic carbocycles. The van der Waals surface area contributed by atoms with E-state index in [0.717, 1.165) is 11.4 Å². The van der Waals surface area contributed by atoms with Crippen molar-refractivity contribution in [3.05, 3.63) is 35.5 Å². The van der Waals surface area contributed by atoms with Crippen LogP contribution in [0.4, 0.5) is 5.82 Å². The molecule has 1 aliphatic rings. The lowest BCUT2D eigenvalue weighted by Crippen LogP contribution is -2.16. The summed E-state index contributed by atoms with van der Waals surface area (Å²) in [6.07, 6.45) is 3.76. The number of nitrogen functional groups attached to an aromatic ring is 1. The lowest BCUT2D eigenvalue weighted by atomic mass is 9.78. The van der Waals surface area contributed by atoms with Gasteiger partial charge >= 0.3 is 0 Å². The molecular formula is C18H25N3. The highest BCUT2D eigenvalue weighted by atomic mass is 15.3. The number of benzene rings is 1. The lowest BCUT2D eigenvalue weighted by Gasteiger charge is -2.26. The van der Waals surface area contributed by atoms with Gasteiger partial charge in [-0.1, -0.05) is 44.5 Å². The highest BCUT2D eigenvalue weighted by molar-refractivity contribution is 5.79. The van der Waals surface area contributed by atoms with Crippen LogP contribution in [-0.4, -0.2) is 9.78 Å². The number of nitrogens with two attached hydrogens (primary N) is 1. The monoisotopic (exact) mass is 283 g/mol. The summed E-state index contributed by atoms with van der Waals surface area (Å²) < 4.78 is 1.84. The molecule has 0 saturated heterocycles. The summed E-state index contributed by atoms with van der Waals surface area (Å²) in [5.41, 5.74) is 11.5. The zero-order valence-corrected chi connectivity index (χ0v) is 13.5. The van der Waals surface area contributed by atoms with Crippen molar-refractivity contribution in [1.29, 1.82) is 0 Å². The number of aryl methyl sites for hydroxylation is 2. The van der Waals surface area contributed by atoms with Crippen molar-refractivity contribution >= 4 is 5.82 Å². The Hall–Kier alpha value is -1.77. The maximum Gasteiger partial charge on any atom is 0.129 e. The first kappa shape index (κ1) is 14.2. The summed E-state index contributed by atoms with van der Waals surface area (Å²) in [5.74, 6) is 1.28. The van der Waals surface area contributed by atoms with Crippen LogP contribution in [0.3, 0.4) is 0 Å². The number of hydrogen-bond acceptors (Lipinski definition) is 2. The smallest absolute Gasteiger partial charge is 0.129 e. The molecule has 0 amide bonds. The van der Waals surface area contributed by atoms with Gasteiger partial charge in [-0.05, 0) is 36.3 Å². The van der Waals surface area contributed by atoms with Gasteiger partial charge in [0.2, 0.25) is 0 Å². The fraction of sp³-hybridized carbons (Fsp3) is 0.500. The fourth-order valence-corrected chi connectivity index (χ4v) is 3.77. The lowest BCUT2D eigenvalue weighted by molar-refractivity contribution is 0.326. The molecule has 3 heteroatoms. The molecule has 1 aromatic heterocycles. The molecule has 1 saturated carbocycles. The third-order valence-corrected chi connectivity index (χ3v) is 5.12. The van der Waals surface area contributed by atoms with E-state index in [2.05, 4.69) is 45.0 Å². The average Bonchev–Trinajstić information content (AvgIpc) is 2.91. The highest BCUT2D eigenvalue weighted by Crippen LogP contribution is 2.51. The van der Waals surface area contributed by atoms with Crippen molar-refractivity contribution < 1.29 is 0 Å². The van der Waals surface area contributed by atoms with E-state index in [1.807, 2.05) is 11.7 Å². The van der Waals surface area contributed by atoms with E-state index >= 15 is 0 Å². The molecule has 0 aliphatic heterocycles. The molecule has 0 bridgehead atoms. The van der Waals surface area contributed by atoms with Crippen molar-refractivity contribution in [3.63, 3.8) is 0 Å². The van der Waals surface area contributed by atoms with Crippen LogP contribution in [-0.2, 0) is 7.05 Å². The molecule has 112 valence electrons. The van der Waals surface area contributed by atoms with Crippen molar-refractivity contribution in [1.82, 2.24) is 9.78 Å². The number of hydrogen-bond donors (Lipinski definition) is 1. The van der Waals surface area contributed by atoms with Gasteiger partial charge in [0, 0.05) is 18.5 Å². The molecule has 1 atom stereocenters. The van der Waals surface area contributed by atoms with Crippen molar-refractivity contribution in [2.45, 2.75) is 46.0 Å². The molecule has 21 heavy (non-hydrogen) atoms. The van der Waals surface area contributed by atoms with E-state index in [9.17, 15) is 0 Å². The molecule has 2 aromatic rings. The van der Waals surface area contributed by atoms with Crippen LogP contribution in [0, 0.1) is 12.3 Å². The molecule has 0 spiro atoms. The first-order valence-corrected chi connectivity index (χ1v) is 7.80. The van der Waals surface area contributed by atoms with Gasteiger partial charge in [-0.15, -0.1) is 0 Å². The van der Waals surface area contributed by atoms with Crippen molar-refractivity contribution in [3.8, 4) is 11.1 Å². The van der Waals surface area contributed by atoms with Crippen molar-refractivity contribution in [2.24, 2.45) is 12.5 Å². The molecule has 3 nitrogen and oxygen atoms in total. The number of anilines is 1. The van der Waals surface area contributed by atoms with Crippen LogP contribution >= 0.6 is 0 Å². The zero-order chi connectivity index (χ0) is 15.2. The predicted octanol–water partition coefficient (Wildman–Crippen LogP) is 4.27. The molecule has 1 aromatic carbocycles. The SMILES string of the molecule is Cc1ccccc1-c1c(C2CCCC2(C)C)nn(C)c1N. The minimum Gasteiger partial charge on any atom is -0.383 e. The Labute approximate surface area is 127 Å². The Morgan fingerprint density at radius 3 is 2.62 bits per heavy atom. The number of rotatable bonds is 2. The normalized spacial score (nSPS) is 20.9. The van der Waals surface area contributed by atoms with Crippen LogP contribution in [0.15, 0.2) is 24.3 Å². The van der Waals surface area contributed by atoms with E-state index in [4.69, 9.17) is 10.8 Å². The zero-order valence-electron chi connectivity index (χ0n) is 13.5. The second-order valence-electron chi connectivity index (χ2n) is 7.02. The number of aromatic nitrogens is 2. The summed E-state index contributed by atoms with van der Waals surface area (Å²) in [7, 11) is 1.95. The third kappa shape index (κ3) is 2.25. The molecule has 3 rings (SSSR count). The third-order valence-electron chi connectivity index (χ3n) is 5.12. The van der Waals surface area contributed by atoms with Gasteiger partial charge < -0.3 is 5.73 Å². The van der Waals surface area contributed by atoms with E-state index < -0.39 is 0 Å². The Balaban J connectivity index is 2.20. The maximum absolute atomic E-state index is 6.36. The van der Waals surface area contributed by atoms with E-state index in [0.29, 0.717) is 11.3 Å². The minimum absolute atomic E-state index is 0.304. The Bertz CT molecular complexity index is 667. The second kappa shape index (κ2) is 4.90. The predicted molar refractivity (Wildman–Crippen MR) is 88.2 cm³/mol. The van der Waals surface area contributed by atoms with Crippen molar-refractivity contribution in [2.75, 3.05) is 5.73 Å². The van der Waals surface area contributed by atoms with Gasteiger partial charge in [0.25, 0.3) is 0 Å². The summed E-state index contributed by atoms with van der Waals surface area (Å²) in [5, 5.41) is 4.80. The summed E-state index contributed by atoms with van der Waals surface area (Å²) in [6, 6.07) is 8.46. The first-order valence-electron chi connectivity index (χ1n) is 7.80. The van der Waals surface area contributed by atoms with E-state index in [1.165, 1.54) is 36.1 Å². The van der Waals surface area contributed by atoms with Gasteiger partial charge in [-0.3, -0.25) is 4.68 Å². The Morgan fingerprint density at radius 2 is 2.00 bits per heavy atom. The highest BCUT2D eigenvalue weighted by Gasteiger charge is 2.39. The van der Waals surface area contributed by atoms with E-state index in [-0.39, 0.29) is 0 Å². The summed E-state index contributed by atoms with van der Waals surface area (Å²) >= 11 is 0. The van der Waals surface area contributed by atoms with Gasteiger partial charge in [-0.25, -0.2) is 0 Å². The number of nitrogens with zero attached hydrogens (tertiary/aromatic N) is 2. The average molecular weight is 283 g/mol. The van der Waals surface area contributed by atoms with Gasteiger partial charge in [0.1, 0.15) is 5.82 Å². The molecule has 2 N–H and O–H groups in total. The second-order valence-corrected chi connectivity index (χ2v) is 7.02. The quantitative estimate of drug-likeness (QED) is 0.894. The van der Waals surface area contributed by atoms with Crippen LogP contribution in [0.2, 0.25) is 0 Å². The summed E-state index contributed by atoms with van der Waals surface area (Å²) in [6.45, 7) is 6.86. The summed E-state index contributed by atoms with van der Waals surface area (Å²) in [4.78, 5) is 0. The minimum atomic E-state index is 0.304. The van der Waals surface area contributed by atoms with Crippen LogP contribution in [0.1, 0.15) is 50.3 Å². The fourth-order valence-electron chi connectivity index (χ4n) is 3.77. The van der Waals surface area contributed by atoms with Gasteiger partial charge in [0.15, 0.2) is 0 Å². The topological polar surface area (TPSA) is 43.8 Å². The van der Waals surface area contributed by atoms with Crippen LogP contribution in [0.5, 0.6) is 0 Å². The van der Waals surface area contributed by atoms with E-state index in [1.54, 1.807) is 0 Å². The van der Waals surface area contributed by atoms with Gasteiger partial charge in [0.05, 0.1) is 5.69 Å². The van der Waals surface area contributed by atoms with Crippen LogP contribution < -0.4 is 5.73 Å². The first-order chi connectivity index (χ1) is 9.92. The maximum atomic E-state index is 6.36. The molecule has 1 unspecified atom stereocenters. The Kier molecular flexibility index (Phi) is 3.31.